The zero-order valence-electron chi connectivity index (χ0n) is 14.5. The minimum absolute atomic E-state index is 0.365. The van der Waals surface area contributed by atoms with Gasteiger partial charge >= 0.3 is 0 Å². The van der Waals surface area contributed by atoms with Gasteiger partial charge in [-0.25, -0.2) is 14.4 Å². The van der Waals surface area contributed by atoms with Crippen LogP contribution in [0.4, 0.5) is 4.39 Å². The average molecular weight is 383 g/mol. The van der Waals surface area contributed by atoms with Crippen molar-refractivity contribution >= 4 is 11.6 Å². The summed E-state index contributed by atoms with van der Waals surface area (Å²) in [6, 6.07) is 11.8. The lowest BCUT2D eigenvalue weighted by molar-refractivity contribution is 0.412. The smallest absolute Gasteiger partial charge is 0.148 e. The van der Waals surface area contributed by atoms with Crippen LogP contribution in [0.1, 0.15) is 11.5 Å². The van der Waals surface area contributed by atoms with E-state index in [1.165, 1.54) is 19.2 Å². The van der Waals surface area contributed by atoms with Crippen molar-refractivity contribution in [2.24, 2.45) is 0 Å². The fourth-order valence-electron chi connectivity index (χ4n) is 2.92. The summed E-state index contributed by atoms with van der Waals surface area (Å²) in [5.74, 6) is 1.51. The van der Waals surface area contributed by atoms with E-state index >= 15 is 0 Å². The Kier molecular flexibility index (Phi) is 4.64. The highest BCUT2D eigenvalue weighted by Gasteiger charge is 2.17. The predicted molar refractivity (Wildman–Crippen MR) is 102 cm³/mol. The van der Waals surface area contributed by atoms with Crippen molar-refractivity contribution in [3.8, 4) is 22.8 Å². The van der Waals surface area contributed by atoms with Crippen LogP contribution in [0, 0.1) is 5.82 Å². The lowest BCUT2D eigenvalue weighted by Gasteiger charge is -2.11. The van der Waals surface area contributed by atoms with Gasteiger partial charge in [0.15, 0.2) is 0 Å². The Morgan fingerprint density at radius 2 is 2.00 bits per heavy atom. The summed E-state index contributed by atoms with van der Waals surface area (Å²) in [6.45, 7) is 0. The first-order valence-corrected chi connectivity index (χ1v) is 8.68. The maximum atomic E-state index is 13.6. The first-order valence-electron chi connectivity index (χ1n) is 8.30. The molecule has 27 heavy (non-hydrogen) atoms. The SMILES string of the molecule is COc1cc(F)ccc1-c1nc(Cc2ncc[nH]2)cn1-c1ccc(Cl)cc1. The van der Waals surface area contributed by atoms with Crippen LogP contribution in [0.5, 0.6) is 5.75 Å². The Morgan fingerprint density at radius 1 is 1.19 bits per heavy atom. The van der Waals surface area contributed by atoms with Crippen LogP contribution in [0.2, 0.25) is 5.02 Å². The number of hydrogen-bond donors (Lipinski definition) is 1. The minimum atomic E-state index is -0.365. The number of aromatic nitrogens is 4. The number of ether oxygens (including phenoxy) is 1. The second kappa shape index (κ2) is 7.25. The molecule has 0 bridgehead atoms. The number of rotatable bonds is 5. The zero-order chi connectivity index (χ0) is 18.8. The van der Waals surface area contributed by atoms with Gasteiger partial charge in [-0.15, -0.1) is 0 Å². The summed E-state index contributed by atoms with van der Waals surface area (Å²) >= 11 is 6.02. The molecular formula is C20H16ClFN4O. The van der Waals surface area contributed by atoms with Crippen LogP contribution in [-0.2, 0) is 6.42 Å². The molecule has 0 atom stereocenters. The quantitative estimate of drug-likeness (QED) is 0.546. The molecule has 0 amide bonds. The second-order valence-corrected chi connectivity index (χ2v) is 6.40. The summed E-state index contributed by atoms with van der Waals surface area (Å²) in [4.78, 5) is 12.1. The number of nitrogens with zero attached hydrogens (tertiary/aromatic N) is 3. The number of H-pyrrole nitrogens is 1. The van der Waals surface area contributed by atoms with Gasteiger partial charge in [-0.2, -0.15) is 0 Å². The Labute approximate surface area is 160 Å². The van der Waals surface area contributed by atoms with E-state index < -0.39 is 0 Å². The molecule has 0 saturated carbocycles. The maximum absolute atomic E-state index is 13.6. The molecule has 136 valence electrons. The third-order valence-corrected chi connectivity index (χ3v) is 4.42. The zero-order valence-corrected chi connectivity index (χ0v) is 15.2. The van der Waals surface area contributed by atoms with Gasteiger partial charge in [0.25, 0.3) is 0 Å². The molecular weight excluding hydrogens is 367 g/mol. The summed E-state index contributed by atoms with van der Waals surface area (Å²) in [7, 11) is 1.51. The number of methoxy groups -OCH3 is 1. The molecule has 0 aliphatic rings. The Balaban J connectivity index is 1.85. The van der Waals surface area contributed by atoms with Crippen molar-refractivity contribution in [3.63, 3.8) is 0 Å². The summed E-state index contributed by atoms with van der Waals surface area (Å²) < 4.78 is 20.9. The van der Waals surface area contributed by atoms with E-state index in [2.05, 4.69) is 9.97 Å². The normalized spacial score (nSPS) is 10.9. The molecule has 0 radical (unpaired) electrons. The molecule has 0 aliphatic heterocycles. The molecule has 2 heterocycles. The van der Waals surface area contributed by atoms with Gasteiger partial charge < -0.3 is 9.72 Å². The first-order chi connectivity index (χ1) is 13.1. The lowest BCUT2D eigenvalue weighted by atomic mass is 10.1. The van der Waals surface area contributed by atoms with Crippen LogP contribution in [-0.4, -0.2) is 26.6 Å². The number of imidazole rings is 2. The lowest BCUT2D eigenvalue weighted by Crippen LogP contribution is -1.98. The highest BCUT2D eigenvalue weighted by Crippen LogP contribution is 2.32. The number of benzene rings is 2. The Morgan fingerprint density at radius 3 is 2.70 bits per heavy atom. The van der Waals surface area contributed by atoms with E-state index in [-0.39, 0.29) is 5.82 Å². The largest absolute Gasteiger partial charge is 0.496 e. The number of hydrogen-bond acceptors (Lipinski definition) is 3. The topological polar surface area (TPSA) is 55.7 Å². The van der Waals surface area contributed by atoms with Gasteiger partial charge in [0.1, 0.15) is 23.2 Å². The molecule has 0 aliphatic carbocycles. The molecule has 1 N–H and O–H groups in total. The van der Waals surface area contributed by atoms with Crippen molar-refractivity contribution in [2.75, 3.05) is 7.11 Å². The van der Waals surface area contributed by atoms with E-state index in [4.69, 9.17) is 21.3 Å². The van der Waals surface area contributed by atoms with E-state index in [1.807, 2.05) is 35.0 Å². The highest BCUT2D eigenvalue weighted by atomic mass is 35.5. The fraction of sp³-hybridized carbons (Fsp3) is 0.100. The first kappa shape index (κ1) is 17.3. The molecule has 2 aromatic heterocycles. The fourth-order valence-corrected chi connectivity index (χ4v) is 3.04. The predicted octanol–water partition coefficient (Wildman–Crippen LogP) is 4.65. The number of aromatic amines is 1. The highest BCUT2D eigenvalue weighted by molar-refractivity contribution is 6.30. The van der Waals surface area contributed by atoms with Crippen LogP contribution in [0.15, 0.2) is 61.1 Å². The summed E-state index contributed by atoms with van der Waals surface area (Å²) in [6.07, 6.45) is 5.96. The van der Waals surface area contributed by atoms with Crippen molar-refractivity contribution in [1.29, 1.82) is 0 Å². The van der Waals surface area contributed by atoms with Gasteiger partial charge in [-0.3, -0.25) is 4.57 Å². The molecule has 5 nitrogen and oxygen atoms in total. The molecule has 0 fully saturated rings. The van der Waals surface area contributed by atoms with Gasteiger partial charge in [0.05, 0.1) is 18.4 Å². The summed E-state index contributed by atoms with van der Waals surface area (Å²) in [5.41, 5.74) is 2.40. The second-order valence-electron chi connectivity index (χ2n) is 5.96. The van der Waals surface area contributed by atoms with Gasteiger partial charge in [-0.05, 0) is 36.4 Å². The van der Waals surface area contributed by atoms with Crippen molar-refractivity contribution in [2.45, 2.75) is 6.42 Å². The molecule has 7 heteroatoms. The van der Waals surface area contributed by atoms with Crippen LogP contribution < -0.4 is 4.74 Å². The van der Waals surface area contributed by atoms with E-state index in [9.17, 15) is 4.39 Å². The van der Waals surface area contributed by atoms with Crippen molar-refractivity contribution < 1.29 is 9.13 Å². The van der Waals surface area contributed by atoms with Gasteiger partial charge in [0, 0.05) is 41.8 Å². The third kappa shape index (κ3) is 3.57. The van der Waals surface area contributed by atoms with Gasteiger partial charge in [0.2, 0.25) is 0 Å². The molecule has 4 rings (SSSR count). The average Bonchev–Trinajstić information content (AvgIpc) is 3.32. The molecule has 4 aromatic rings. The Bertz CT molecular complexity index is 1060. The minimum Gasteiger partial charge on any atom is -0.496 e. The van der Waals surface area contributed by atoms with E-state index in [1.54, 1.807) is 18.5 Å². The van der Waals surface area contributed by atoms with Crippen molar-refractivity contribution in [1.82, 2.24) is 19.5 Å². The molecule has 2 aromatic carbocycles. The Hall–Kier alpha value is -3.12. The standard InChI is InChI=1S/C20H16ClFN4O/c1-27-18-10-14(22)4-7-17(18)20-25-15(11-19-23-8-9-24-19)12-26(20)16-5-2-13(21)3-6-16/h2-10,12H,11H2,1H3,(H,23,24). The monoisotopic (exact) mass is 382 g/mol. The number of nitrogens with one attached hydrogen (secondary N) is 1. The number of halogens is 2. The molecule has 0 unspecified atom stereocenters. The molecule has 0 spiro atoms. The van der Waals surface area contributed by atoms with Crippen LogP contribution >= 0.6 is 11.6 Å². The van der Waals surface area contributed by atoms with Crippen molar-refractivity contribution in [3.05, 3.63) is 83.4 Å². The molecule has 0 saturated heterocycles. The third-order valence-electron chi connectivity index (χ3n) is 4.17. The van der Waals surface area contributed by atoms with Crippen LogP contribution in [0.3, 0.4) is 0 Å². The maximum Gasteiger partial charge on any atom is 0.148 e. The van der Waals surface area contributed by atoms with E-state index in [0.717, 1.165) is 17.2 Å². The van der Waals surface area contributed by atoms with Gasteiger partial charge in [-0.1, -0.05) is 11.6 Å². The van der Waals surface area contributed by atoms with E-state index in [0.29, 0.717) is 28.6 Å². The summed E-state index contributed by atoms with van der Waals surface area (Å²) in [5, 5.41) is 0.649. The van der Waals surface area contributed by atoms with Crippen LogP contribution in [0.25, 0.3) is 17.1 Å².